The third-order valence-corrected chi connectivity index (χ3v) is 8.64. The number of hydrogen-bond acceptors (Lipinski definition) is 7. The number of rotatable bonds is 7. The first-order valence-corrected chi connectivity index (χ1v) is 14.6. The molecule has 7 rings (SSSR count). The maximum Gasteiger partial charge on any atom is 0.137 e. The standard InChI is InChI=1S/C31H28F2N6O2S/c1-17-25-15-23(37-39(25)8-7-34-17)30-28(27-22(33)13-20(32)14-26(27)41-10-9-40-3)31-21(6-11-42-31)29(36-30)18-4-5-24-19(12-18)16-35-38(24)2/h4-6,11-17,34H,7-10H2,1-3H3. The summed E-state index contributed by atoms with van der Waals surface area (Å²) in [6, 6.07) is 12.3. The molecule has 214 valence electrons. The summed E-state index contributed by atoms with van der Waals surface area (Å²) >= 11 is 1.48. The number of halogens is 2. The van der Waals surface area contributed by atoms with Crippen LogP contribution in [0.2, 0.25) is 0 Å². The Kier molecular flexibility index (Phi) is 6.72. The number of aryl methyl sites for hydroxylation is 1. The highest BCUT2D eigenvalue weighted by molar-refractivity contribution is 7.18. The van der Waals surface area contributed by atoms with Crippen LogP contribution in [0.5, 0.6) is 5.75 Å². The van der Waals surface area contributed by atoms with Gasteiger partial charge >= 0.3 is 0 Å². The van der Waals surface area contributed by atoms with Crippen LogP contribution < -0.4 is 10.1 Å². The molecule has 0 spiro atoms. The van der Waals surface area contributed by atoms with E-state index in [1.165, 1.54) is 17.4 Å². The fourth-order valence-electron chi connectivity index (χ4n) is 5.68. The van der Waals surface area contributed by atoms with E-state index in [-0.39, 0.29) is 30.6 Å². The van der Waals surface area contributed by atoms with Crippen molar-refractivity contribution >= 4 is 32.3 Å². The number of thiophene rings is 1. The lowest BCUT2D eigenvalue weighted by Gasteiger charge is -2.21. The Balaban J connectivity index is 1.53. The first-order chi connectivity index (χ1) is 20.4. The molecule has 0 radical (unpaired) electrons. The molecule has 1 aliphatic heterocycles. The summed E-state index contributed by atoms with van der Waals surface area (Å²) in [5, 5.41) is 16.6. The number of methoxy groups -OCH3 is 1. The Labute approximate surface area is 244 Å². The SMILES string of the molecule is COCCOc1cc(F)cc(F)c1-c1c(-c2cc3n(n2)CCNC3C)nc(-c2ccc3c(cnn3C)c2)c2ccsc12. The van der Waals surface area contributed by atoms with Crippen LogP contribution in [0, 0.1) is 11.6 Å². The minimum Gasteiger partial charge on any atom is -0.490 e. The quantitative estimate of drug-likeness (QED) is 0.220. The van der Waals surface area contributed by atoms with Gasteiger partial charge in [-0.2, -0.15) is 10.2 Å². The van der Waals surface area contributed by atoms with Gasteiger partial charge in [-0.05, 0) is 36.6 Å². The van der Waals surface area contributed by atoms with Crippen LogP contribution >= 0.6 is 11.3 Å². The average molecular weight is 587 g/mol. The van der Waals surface area contributed by atoms with E-state index >= 15 is 4.39 Å². The maximum atomic E-state index is 15.9. The molecule has 5 heterocycles. The molecule has 0 saturated carbocycles. The molecule has 42 heavy (non-hydrogen) atoms. The number of fused-ring (bicyclic) bond motifs is 3. The van der Waals surface area contributed by atoms with Gasteiger partial charge in [0.05, 0.1) is 41.8 Å². The van der Waals surface area contributed by atoms with Crippen LogP contribution in [-0.2, 0) is 18.3 Å². The van der Waals surface area contributed by atoms with E-state index in [9.17, 15) is 4.39 Å². The lowest BCUT2D eigenvalue weighted by molar-refractivity contribution is 0.146. The Morgan fingerprint density at radius 2 is 1.95 bits per heavy atom. The molecule has 6 aromatic rings. The lowest BCUT2D eigenvalue weighted by atomic mass is 9.96. The summed E-state index contributed by atoms with van der Waals surface area (Å²) in [5.74, 6) is -1.37. The van der Waals surface area contributed by atoms with E-state index in [0.29, 0.717) is 23.5 Å². The molecule has 1 atom stereocenters. The van der Waals surface area contributed by atoms with Crippen LogP contribution in [0.1, 0.15) is 18.7 Å². The fourth-order valence-corrected chi connectivity index (χ4v) is 6.63. The second kappa shape index (κ2) is 10.6. The summed E-state index contributed by atoms with van der Waals surface area (Å²) in [5.41, 5.74) is 5.46. The third-order valence-electron chi connectivity index (χ3n) is 7.71. The van der Waals surface area contributed by atoms with E-state index in [2.05, 4.69) is 23.4 Å². The average Bonchev–Trinajstić information content (AvgIpc) is 3.72. The van der Waals surface area contributed by atoms with Crippen LogP contribution in [-0.4, -0.2) is 51.4 Å². The molecule has 8 nitrogen and oxygen atoms in total. The monoisotopic (exact) mass is 586 g/mol. The molecule has 1 N–H and O–H groups in total. The predicted molar refractivity (Wildman–Crippen MR) is 160 cm³/mol. The van der Waals surface area contributed by atoms with Crippen molar-refractivity contribution in [1.29, 1.82) is 0 Å². The van der Waals surface area contributed by atoms with Gasteiger partial charge in [0, 0.05) is 65.5 Å². The third kappa shape index (κ3) is 4.44. The predicted octanol–water partition coefficient (Wildman–Crippen LogP) is 6.35. The molecule has 2 aromatic carbocycles. The number of ether oxygens (including phenoxy) is 2. The van der Waals surface area contributed by atoms with Crippen molar-refractivity contribution in [3.05, 3.63) is 71.4 Å². The van der Waals surface area contributed by atoms with Gasteiger partial charge in [0.1, 0.15) is 35.4 Å². The van der Waals surface area contributed by atoms with Gasteiger partial charge in [0.2, 0.25) is 0 Å². The van der Waals surface area contributed by atoms with E-state index in [0.717, 1.165) is 50.6 Å². The van der Waals surface area contributed by atoms with Gasteiger partial charge in [-0.3, -0.25) is 9.36 Å². The number of hydrogen-bond donors (Lipinski definition) is 1. The zero-order valence-corrected chi connectivity index (χ0v) is 24.1. The van der Waals surface area contributed by atoms with Crippen molar-refractivity contribution in [2.45, 2.75) is 19.5 Å². The second-order valence-corrected chi connectivity index (χ2v) is 11.3. The fraction of sp³-hybridized carbons (Fsp3) is 0.258. The number of aromatic nitrogens is 5. The zero-order valence-electron chi connectivity index (χ0n) is 23.3. The molecule has 0 fully saturated rings. The number of benzene rings is 2. The first-order valence-electron chi connectivity index (χ1n) is 13.7. The van der Waals surface area contributed by atoms with Crippen molar-refractivity contribution in [1.82, 2.24) is 29.9 Å². The van der Waals surface area contributed by atoms with Crippen LogP contribution in [0.3, 0.4) is 0 Å². The smallest absolute Gasteiger partial charge is 0.137 e. The molecule has 11 heteroatoms. The summed E-state index contributed by atoms with van der Waals surface area (Å²) < 4.78 is 46.1. The van der Waals surface area contributed by atoms with Gasteiger partial charge in [-0.1, -0.05) is 6.07 Å². The Morgan fingerprint density at radius 1 is 1.07 bits per heavy atom. The maximum absolute atomic E-state index is 15.9. The Morgan fingerprint density at radius 3 is 2.79 bits per heavy atom. The van der Waals surface area contributed by atoms with Crippen molar-refractivity contribution < 1.29 is 18.3 Å². The highest BCUT2D eigenvalue weighted by Gasteiger charge is 2.28. The highest BCUT2D eigenvalue weighted by Crippen LogP contribution is 2.47. The second-order valence-electron chi connectivity index (χ2n) is 10.3. The van der Waals surface area contributed by atoms with Gasteiger partial charge in [0.15, 0.2) is 0 Å². The molecular formula is C31H28F2N6O2S. The number of pyridine rings is 1. The summed E-state index contributed by atoms with van der Waals surface area (Å²) in [7, 11) is 3.45. The molecule has 0 aliphatic carbocycles. The number of nitrogens with one attached hydrogen (secondary N) is 1. The molecule has 1 aliphatic rings. The topological polar surface area (TPSA) is 79.0 Å². The van der Waals surface area contributed by atoms with Gasteiger partial charge in [0.25, 0.3) is 0 Å². The van der Waals surface area contributed by atoms with Crippen LogP contribution in [0.15, 0.2) is 54.0 Å². The molecule has 4 aromatic heterocycles. The minimum absolute atomic E-state index is 0.0887. The van der Waals surface area contributed by atoms with Crippen LogP contribution in [0.25, 0.3) is 54.8 Å². The van der Waals surface area contributed by atoms with Crippen molar-refractivity contribution in [2.75, 3.05) is 26.9 Å². The van der Waals surface area contributed by atoms with E-state index in [1.807, 2.05) is 52.3 Å². The van der Waals surface area contributed by atoms with Crippen molar-refractivity contribution in [3.63, 3.8) is 0 Å². The molecule has 1 unspecified atom stereocenters. The molecule has 0 bridgehead atoms. The summed E-state index contributed by atoms with van der Waals surface area (Å²) in [4.78, 5) is 5.22. The minimum atomic E-state index is -0.733. The number of nitrogens with zero attached hydrogens (tertiary/aromatic N) is 5. The summed E-state index contributed by atoms with van der Waals surface area (Å²) in [6.07, 6.45) is 1.83. The lowest BCUT2D eigenvalue weighted by Crippen LogP contribution is -2.31. The van der Waals surface area contributed by atoms with Crippen LogP contribution in [0.4, 0.5) is 8.78 Å². The van der Waals surface area contributed by atoms with E-state index in [4.69, 9.17) is 19.6 Å². The molecule has 0 saturated heterocycles. The molecular weight excluding hydrogens is 558 g/mol. The van der Waals surface area contributed by atoms with E-state index in [1.54, 1.807) is 7.11 Å². The van der Waals surface area contributed by atoms with Crippen molar-refractivity contribution in [3.8, 4) is 39.5 Å². The zero-order chi connectivity index (χ0) is 29.0. The first kappa shape index (κ1) is 26.7. The largest absolute Gasteiger partial charge is 0.490 e. The Bertz CT molecular complexity index is 1960. The van der Waals surface area contributed by atoms with Gasteiger partial charge < -0.3 is 14.8 Å². The van der Waals surface area contributed by atoms with Gasteiger partial charge in [-0.15, -0.1) is 11.3 Å². The van der Waals surface area contributed by atoms with E-state index < -0.39 is 11.6 Å². The van der Waals surface area contributed by atoms with Gasteiger partial charge in [-0.25, -0.2) is 13.8 Å². The Hall–Kier alpha value is -4.19. The highest BCUT2D eigenvalue weighted by atomic mass is 32.1. The normalized spacial score (nSPS) is 15.0. The summed E-state index contributed by atoms with van der Waals surface area (Å²) in [6.45, 7) is 3.99. The van der Waals surface area contributed by atoms with Crippen molar-refractivity contribution in [2.24, 2.45) is 7.05 Å². The molecule has 0 amide bonds.